The second-order valence-corrected chi connectivity index (χ2v) is 26.5. The molecule has 10 heteroatoms. The van der Waals surface area contributed by atoms with Crippen LogP contribution in [0.3, 0.4) is 0 Å². The summed E-state index contributed by atoms with van der Waals surface area (Å²) in [5, 5.41) is 7.80. The molecule has 10 nitrogen and oxygen atoms in total. The van der Waals surface area contributed by atoms with Gasteiger partial charge in [-0.3, -0.25) is 29.9 Å². The Bertz CT molecular complexity index is 2230. The van der Waals surface area contributed by atoms with Gasteiger partial charge in [0.1, 0.15) is 5.82 Å². The maximum absolute atomic E-state index is 4.25. The smallest absolute Gasteiger partial charge is 0.133 e. The highest BCUT2D eigenvalue weighted by Crippen LogP contribution is 2.23. The fourth-order valence-corrected chi connectivity index (χ4v) is 6.15. The van der Waals surface area contributed by atoms with Gasteiger partial charge in [-0.05, 0) is 88.0 Å². The van der Waals surface area contributed by atoms with Crippen molar-refractivity contribution >= 4 is 0 Å². The zero-order valence-electron chi connectivity index (χ0n) is 52.9. The van der Waals surface area contributed by atoms with Gasteiger partial charge in [0.2, 0.25) is 0 Å². The van der Waals surface area contributed by atoms with E-state index in [0.717, 1.165) is 28.6 Å². The maximum Gasteiger partial charge on any atom is 0.133 e. The Morgan fingerprint density at radius 1 is 0.278 bits per heavy atom. The van der Waals surface area contributed by atoms with Crippen LogP contribution in [0, 0.1) is 0 Å². The van der Waals surface area contributed by atoms with Crippen LogP contribution in [0.15, 0.2) is 184 Å². The molecule has 7 heterocycles. The molecule has 8 rings (SSSR count). The zero-order valence-corrected chi connectivity index (χ0v) is 52.9. The lowest BCUT2D eigenvalue weighted by atomic mass is 9.87. The van der Waals surface area contributed by atoms with Gasteiger partial charge in [-0.15, -0.1) is 0 Å². The molecule has 0 spiro atoms. The van der Waals surface area contributed by atoms with Gasteiger partial charge in [-0.25, -0.2) is 9.97 Å². The van der Waals surface area contributed by atoms with Crippen molar-refractivity contribution in [3.8, 4) is 0 Å². The van der Waals surface area contributed by atoms with E-state index in [-0.39, 0.29) is 32.5 Å². The van der Waals surface area contributed by atoms with E-state index in [1.165, 1.54) is 16.7 Å². The van der Waals surface area contributed by atoms with Gasteiger partial charge < -0.3 is 0 Å². The van der Waals surface area contributed by atoms with E-state index < -0.39 is 0 Å². The van der Waals surface area contributed by atoms with Crippen molar-refractivity contribution in [1.82, 2.24) is 50.1 Å². The largest absolute Gasteiger partial charge is 0.264 e. The highest BCUT2D eigenvalue weighted by molar-refractivity contribution is 5.22. The average molecular weight is 1070 g/mol. The van der Waals surface area contributed by atoms with Crippen LogP contribution in [0.4, 0.5) is 0 Å². The van der Waals surface area contributed by atoms with E-state index in [0.29, 0.717) is 11.3 Å². The van der Waals surface area contributed by atoms with Crippen molar-refractivity contribution in [3.63, 3.8) is 0 Å². The number of aromatic nitrogens is 10. The summed E-state index contributed by atoms with van der Waals surface area (Å²) in [6, 6.07) is 36.5. The average Bonchev–Trinajstić information content (AvgIpc) is 3.40. The third-order valence-electron chi connectivity index (χ3n) is 11.3. The molecule has 0 atom stereocenters. The van der Waals surface area contributed by atoms with Crippen LogP contribution in [-0.4, -0.2) is 50.1 Å². The summed E-state index contributed by atoms with van der Waals surface area (Å²) in [4.78, 5) is 33.0. The minimum atomic E-state index is 0.0707. The molecule has 426 valence electrons. The first-order valence-electron chi connectivity index (χ1n) is 27.6. The van der Waals surface area contributed by atoms with Gasteiger partial charge in [0.05, 0.1) is 11.4 Å². The molecule has 0 fully saturated rings. The van der Waals surface area contributed by atoms with Gasteiger partial charge >= 0.3 is 0 Å². The Balaban J connectivity index is 0.000000452. The van der Waals surface area contributed by atoms with Gasteiger partial charge in [0, 0.05) is 113 Å². The SMILES string of the molecule is CC(C)(C)c1ccccc1.CC(C)(C)c1ccccn1.CC(C)(C)c1ccccn1.CC(C)(C)c1cccnc1.CC(C)(C)c1cccnn1.CC(C)(C)c1cnccn1.CC(C)(C)c1ncccn1.CC(C)c1cccnc1. The monoisotopic (exact) mass is 1070 g/mol. The lowest BCUT2D eigenvalue weighted by Gasteiger charge is -2.18. The summed E-state index contributed by atoms with van der Waals surface area (Å²) < 4.78 is 0. The first-order valence-corrected chi connectivity index (χ1v) is 27.6. The van der Waals surface area contributed by atoms with Gasteiger partial charge in [-0.2, -0.15) is 10.2 Å². The summed E-state index contributed by atoms with van der Waals surface area (Å²) in [6.07, 6.45) is 21.5. The zero-order chi connectivity index (χ0) is 60.0. The minimum Gasteiger partial charge on any atom is -0.264 e. The molecule has 0 unspecified atom stereocenters. The lowest BCUT2D eigenvalue weighted by Crippen LogP contribution is -2.14. The molecule has 0 aliphatic heterocycles. The molecule has 7 aromatic heterocycles. The first kappa shape index (κ1) is 70.1. The van der Waals surface area contributed by atoms with E-state index in [4.69, 9.17) is 0 Å². The molecule has 0 saturated heterocycles. The third-order valence-corrected chi connectivity index (χ3v) is 11.3. The molecule has 1 aromatic carbocycles. The predicted octanol–water partition coefficient (Wildman–Crippen LogP) is 17.6. The normalized spacial score (nSPS) is 11.3. The summed E-state index contributed by atoms with van der Waals surface area (Å²) in [5.41, 5.74) is 9.56. The van der Waals surface area contributed by atoms with Crippen molar-refractivity contribution in [1.29, 1.82) is 0 Å². The second-order valence-electron chi connectivity index (χ2n) is 26.5. The summed E-state index contributed by atoms with van der Waals surface area (Å²) >= 11 is 0. The number of nitrogens with zero attached hydrogens (tertiary/aromatic N) is 10. The second kappa shape index (κ2) is 33.5. The first-order chi connectivity index (χ1) is 36.5. The molecule has 0 N–H and O–H groups in total. The standard InChI is InChI=1S/C10H14.3C9H13N.3C8H12N2.C8H11N/c1-10(2,3)9-7-5-4-6-8-9;1-9(2,3)8-5-4-6-10-7-8;2*1-9(2,3)8-6-4-5-7-10-8;1-8(2,3)7-6-9-4-5-10-7;1-8(2,3)7-9-5-4-6-10-7;1-8(2,3)7-5-4-6-9-10-7;1-7(2)8-4-3-5-9-6-8/h4-8H,1-3H3;3*4-7H,1-3H3;3*4-6H,1-3H3;3-7H,1-2H3. The van der Waals surface area contributed by atoms with Crippen molar-refractivity contribution in [2.75, 3.05) is 0 Å². The van der Waals surface area contributed by atoms with E-state index >= 15 is 0 Å². The summed E-state index contributed by atoms with van der Waals surface area (Å²) in [5.74, 6) is 1.49. The molecular weight excluding hydrogens is 969 g/mol. The molecule has 0 saturated carbocycles. The number of benzene rings is 1. The maximum atomic E-state index is 4.25. The highest BCUT2D eigenvalue weighted by atomic mass is 15.1. The van der Waals surface area contributed by atoms with Crippen LogP contribution >= 0.6 is 0 Å². The Labute approximate surface area is 479 Å². The molecule has 0 aliphatic carbocycles. The number of pyridine rings is 4. The third kappa shape index (κ3) is 31.9. The molecule has 0 aliphatic rings. The Kier molecular flexibility index (Phi) is 29.7. The van der Waals surface area contributed by atoms with Crippen molar-refractivity contribution in [3.05, 3.63) is 229 Å². The van der Waals surface area contributed by atoms with E-state index in [1.807, 2.05) is 79.4 Å². The van der Waals surface area contributed by atoms with Gasteiger partial charge in [0.15, 0.2) is 0 Å². The van der Waals surface area contributed by atoms with Gasteiger partial charge in [0.25, 0.3) is 0 Å². The molecule has 0 bridgehead atoms. The van der Waals surface area contributed by atoms with Gasteiger partial charge in [-0.1, -0.05) is 214 Å². The number of rotatable bonds is 1. The summed E-state index contributed by atoms with van der Waals surface area (Å²) in [6.45, 7) is 49.6. The number of hydrogen-bond donors (Lipinski definition) is 0. The molecule has 0 radical (unpaired) electrons. The van der Waals surface area contributed by atoms with Crippen LogP contribution in [-0.2, 0) is 37.9 Å². The predicted molar refractivity (Wildman–Crippen MR) is 334 cm³/mol. The quantitative estimate of drug-likeness (QED) is 0.157. The Morgan fingerprint density at radius 2 is 0.684 bits per heavy atom. The van der Waals surface area contributed by atoms with Crippen LogP contribution in [0.2, 0.25) is 0 Å². The van der Waals surface area contributed by atoms with Crippen LogP contribution < -0.4 is 0 Å². The fraction of sp³-hybridized carbons (Fsp3) is 0.449. The van der Waals surface area contributed by atoms with Crippen LogP contribution in [0.25, 0.3) is 0 Å². The molecule has 79 heavy (non-hydrogen) atoms. The van der Waals surface area contributed by atoms with Crippen molar-refractivity contribution in [2.24, 2.45) is 0 Å². The lowest BCUT2D eigenvalue weighted by molar-refractivity contribution is 0.545. The van der Waals surface area contributed by atoms with E-state index in [2.05, 4.69) is 264 Å². The molecule has 0 amide bonds. The molecule has 8 aromatic rings. The topological polar surface area (TPSA) is 129 Å². The summed E-state index contributed by atoms with van der Waals surface area (Å²) in [7, 11) is 0. The fourth-order valence-electron chi connectivity index (χ4n) is 6.15. The Morgan fingerprint density at radius 3 is 0.937 bits per heavy atom. The van der Waals surface area contributed by atoms with Crippen LogP contribution in [0.5, 0.6) is 0 Å². The van der Waals surface area contributed by atoms with E-state index in [1.54, 1.807) is 49.6 Å². The highest BCUT2D eigenvalue weighted by Gasteiger charge is 2.18. The Hall–Kier alpha value is -6.94. The minimum absolute atomic E-state index is 0.0707. The van der Waals surface area contributed by atoms with Crippen molar-refractivity contribution in [2.45, 2.75) is 203 Å². The van der Waals surface area contributed by atoms with E-state index in [9.17, 15) is 0 Å². The van der Waals surface area contributed by atoms with Crippen LogP contribution in [0.1, 0.15) is 210 Å². The number of hydrogen-bond acceptors (Lipinski definition) is 10. The molecular formula is C69H100N10. The van der Waals surface area contributed by atoms with Crippen molar-refractivity contribution < 1.29 is 0 Å².